The zero-order chi connectivity index (χ0) is 18.4. The lowest BCUT2D eigenvalue weighted by Crippen LogP contribution is -2.27. The van der Waals surface area contributed by atoms with Crippen molar-refractivity contribution in [1.82, 2.24) is 4.90 Å². The van der Waals surface area contributed by atoms with E-state index < -0.39 is 0 Å². The predicted octanol–water partition coefficient (Wildman–Crippen LogP) is 3.50. The van der Waals surface area contributed by atoms with E-state index in [0.29, 0.717) is 11.3 Å². The molecule has 5 nitrogen and oxygen atoms in total. The number of anilines is 1. The van der Waals surface area contributed by atoms with Crippen molar-refractivity contribution >= 4 is 17.5 Å². The quantitative estimate of drug-likeness (QED) is 0.866. The molecule has 0 atom stereocenters. The number of benzene rings is 2. The predicted molar refractivity (Wildman–Crippen MR) is 102 cm³/mol. The molecule has 0 spiro atoms. The number of nitrogens with one attached hydrogen (secondary N) is 1. The highest BCUT2D eigenvalue weighted by Crippen LogP contribution is 2.19. The molecule has 3 rings (SSSR count). The van der Waals surface area contributed by atoms with Crippen LogP contribution in [-0.4, -0.2) is 36.4 Å². The lowest BCUT2D eigenvalue weighted by molar-refractivity contribution is -0.118. The third kappa shape index (κ3) is 4.42. The van der Waals surface area contributed by atoms with E-state index in [4.69, 9.17) is 4.74 Å². The van der Waals surface area contributed by atoms with Gasteiger partial charge in [-0.2, -0.15) is 0 Å². The molecule has 1 aliphatic rings. The molecular weight excluding hydrogens is 328 g/mol. The number of ether oxygens (including phenoxy) is 1. The monoisotopic (exact) mass is 352 g/mol. The van der Waals surface area contributed by atoms with Gasteiger partial charge < -0.3 is 15.0 Å². The fraction of sp³-hybridized carbons (Fsp3) is 0.333. The normalized spacial score (nSPS) is 13.5. The van der Waals surface area contributed by atoms with Crippen LogP contribution < -0.4 is 10.1 Å². The van der Waals surface area contributed by atoms with E-state index in [0.717, 1.165) is 43.7 Å². The average molecular weight is 352 g/mol. The molecule has 0 aliphatic carbocycles. The van der Waals surface area contributed by atoms with E-state index >= 15 is 0 Å². The molecule has 2 aromatic carbocycles. The van der Waals surface area contributed by atoms with Crippen molar-refractivity contribution < 1.29 is 14.3 Å². The van der Waals surface area contributed by atoms with Crippen LogP contribution in [0.4, 0.5) is 5.69 Å². The summed E-state index contributed by atoms with van der Waals surface area (Å²) < 4.78 is 5.62. The lowest BCUT2D eigenvalue weighted by atomic mass is 10.1. The minimum absolute atomic E-state index is 0.0501. The van der Waals surface area contributed by atoms with Gasteiger partial charge in [0.1, 0.15) is 5.75 Å². The highest BCUT2D eigenvalue weighted by molar-refractivity contribution is 5.96. The maximum Gasteiger partial charge on any atom is 0.262 e. The Balaban J connectivity index is 1.53. The second kappa shape index (κ2) is 8.52. The first-order valence-corrected chi connectivity index (χ1v) is 9.07. The minimum Gasteiger partial charge on any atom is -0.483 e. The van der Waals surface area contributed by atoms with Gasteiger partial charge in [0.2, 0.25) is 0 Å². The largest absolute Gasteiger partial charge is 0.483 e. The van der Waals surface area contributed by atoms with Crippen LogP contribution in [0.3, 0.4) is 0 Å². The molecule has 136 valence electrons. The maximum atomic E-state index is 12.3. The molecule has 1 N–H and O–H groups in total. The van der Waals surface area contributed by atoms with Crippen molar-refractivity contribution in [3.8, 4) is 5.75 Å². The average Bonchev–Trinajstić information content (AvgIpc) is 3.21. The molecule has 0 aromatic heterocycles. The SMILES string of the molecule is CCc1ccccc1OCC(=O)Nc1ccc(C(=O)N2CCCC2)cc1. The van der Waals surface area contributed by atoms with Crippen LogP contribution in [-0.2, 0) is 11.2 Å². The standard InChI is InChI=1S/C21H24N2O3/c1-2-16-7-3-4-8-19(16)26-15-20(24)22-18-11-9-17(10-12-18)21(25)23-13-5-6-14-23/h3-4,7-12H,2,5-6,13-15H2,1H3,(H,22,24). The van der Waals surface area contributed by atoms with Crippen molar-refractivity contribution in [2.24, 2.45) is 0 Å². The van der Waals surface area contributed by atoms with Crippen LogP contribution in [0, 0.1) is 0 Å². The highest BCUT2D eigenvalue weighted by atomic mass is 16.5. The van der Waals surface area contributed by atoms with E-state index in [1.54, 1.807) is 24.3 Å². The zero-order valence-corrected chi connectivity index (χ0v) is 15.0. The molecule has 2 aromatic rings. The number of hydrogen-bond donors (Lipinski definition) is 1. The van der Waals surface area contributed by atoms with Gasteiger partial charge in [-0.1, -0.05) is 25.1 Å². The van der Waals surface area contributed by atoms with Gasteiger partial charge in [-0.15, -0.1) is 0 Å². The third-order valence-corrected chi connectivity index (χ3v) is 4.52. The van der Waals surface area contributed by atoms with Crippen molar-refractivity contribution in [2.45, 2.75) is 26.2 Å². The topological polar surface area (TPSA) is 58.6 Å². The molecule has 1 fully saturated rings. The Morgan fingerprint density at radius 3 is 2.42 bits per heavy atom. The molecule has 1 aliphatic heterocycles. The Kier molecular flexibility index (Phi) is 5.89. The Morgan fingerprint density at radius 2 is 1.73 bits per heavy atom. The first kappa shape index (κ1) is 18.0. The summed E-state index contributed by atoms with van der Waals surface area (Å²) >= 11 is 0. The van der Waals surface area contributed by atoms with Gasteiger partial charge in [0.05, 0.1) is 0 Å². The fourth-order valence-electron chi connectivity index (χ4n) is 3.08. The Labute approximate surface area is 154 Å². The highest BCUT2D eigenvalue weighted by Gasteiger charge is 2.19. The first-order chi connectivity index (χ1) is 12.7. The van der Waals surface area contributed by atoms with E-state index in [1.807, 2.05) is 36.1 Å². The third-order valence-electron chi connectivity index (χ3n) is 4.52. The summed E-state index contributed by atoms with van der Waals surface area (Å²) in [5.74, 6) is 0.561. The van der Waals surface area contributed by atoms with Crippen LogP contribution in [0.25, 0.3) is 0 Å². The molecule has 0 unspecified atom stereocenters. The molecule has 0 bridgehead atoms. The number of likely N-dealkylation sites (tertiary alicyclic amines) is 1. The van der Waals surface area contributed by atoms with Crippen LogP contribution in [0.2, 0.25) is 0 Å². The smallest absolute Gasteiger partial charge is 0.262 e. The summed E-state index contributed by atoms with van der Waals surface area (Å²) in [6.45, 7) is 3.65. The van der Waals surface area contributed by atoms with E-state index in [-0.39, 0.29) is 18.4 Å². The fourth-order valence-corrected chi connectivity index (χ4v) is 3.08. The van der Waals surface area contributed by atoms with Crippen LogP contribution in [0.5, 0.6) is 5.75 Å². The number of carbonyl (C=O) groups is 2. The van der Waals surface area contributed by atoms with Gasteiger partial charge in [-0.05, 0) is 55.2 Å². The summed E-state index contributed by atoms with van der Waals surface area (Å²) in [5.41, 5.74) is 2.38. The molecule has 26 heavy (non-hydrogen) atoms. The van der Waals surface area contributed by atoms with Gasteiger partial charge in [0.15, 0.2) is 6.61 Å². The summed E-state index contributed by atoms with van der Waals surface area (Å²) in [5, 5.41) is 2.80. The van der Waals surface area contributed by atoms with E-state index in [1.165, 1.54) is 0 Å². The molecule has 5 heteroatoms. The molecule has 0 radical (unpaired) electrons. The molecular formula is C21H24N2O3. The van der Waals surface area contributed by atoms with Gasteiger partial charge in [-0.3, -0.25) is 9.59 Å². The van der Waals surface area contributed by atoms with Gasteiger partial charge >= 0.3 is 0 Å². The summed E-state index contributed by atoms with van der Waals surface area (Å²) in [7, 11) is 0. The van der Waals surface area contributed by atoms with Crippen molar-refractivity contribution in [1.29, 1.82) is 0 Å². The van der Waals surface area contributed by atoms with Gasteiger partial charge in [-0.25, -0.2) is 0 Å². The number of hydrogen-bond acceptors (Lipinski definition) is 3. The van der Waals surface area contributed by atoms with E-state index in [9.17, 15) is 9.59 Å². The van der Waals surface area contributed by atoms with Crippen molar-refractivity contribution in [3.05, 3.63) is 59.7 Å². The van der Waals surface area contributed by atoms with Crippen molar-refractivity contribution in [3.63, 3.8) is 0 Å². The number of para-hydroxylation sites is 1. The Hall–Kier alpha value is -2.82. The van der Waals surface area contributed by atoms with Crippen LogP contribution >= 0.6 is 0 Å². The number of carbonyl (C=O) groups excluding carboxylic acids is 2. The van der Waals surface area contributed by atoms with Crippen LogP contribution in [0.1, 0.15) is 35.7 Å². The zero-order valence-electron chi connectivity index (χ0n) is 15.0. The molecule has 0 saturated carbocycles. The second-order valence-corrected chi connectivity index (χ2v) is 6.37. The molecule has 2 amide bonds. The summed E-state index contributed by atoms with van der Waals surface area (Å²) in [6, 6.07) is 14.7. The lowest BCUT2D eigenvalue weighted by Gasteiger charge is -2.15. The number of amides is 2. The molecule has 1 heterocycles. The second-order valence-electron chi connectivity index (χ2n) is 6.37. The Bertz CT molecular complexity index is 765. The Morgan fingerprint density at radius 1 is 1.04 bits per heavy atom. The summed E-state index contributed by atoms with van der Waals surface area (Å²) in [4.78, 5) is 26.3. The van der Waals surface area contributed by atoms with E-state index in [2.05, 4.69) is 5.32 Å². The minimum atomic E-state index is -0.227. The summed E-state index contributed by atoms with van der Waals surface area (Å²) in [6.07, 6.45) is 2.99. The van der Waals surface area contributed by atoms with Gasteiger partial charge in [0, 0.05) is 24.3 Å². The molecule has 1 saturated heterocycles. The number of aryl methyl sites for hydroxylation is 1. The number of rotatable bonds is 6. The van der Waals surface area contributed by atoms with Crippen molar-refractivity contribution in [2.75, 3.05) is 25.0 Å². The first-order valence-electron chi connectivity index (χ1n) is 9.07. The van der Waals surface area contributed by atoms with Gasteiger partial charge in [0.25, 0.3) is 11.8 Å². The number of nitrogens with zero attached hydrogens (tertiary/aromatic N) is 1. The van der Waals surface area contributed by atoms with Crippen LogP contribution in [0.15, 0.2) is 48.5 Å². The maximum absolute atomic E-state index is 12.3.